The Hall–Kier alpha value is -1.63. The summed E-state index contributed by atoms with van der Waals surface area (Å²) in [6, 6.07) is 0. The second-order valence-corrected chi connectivity index (χ2v) is 14.7. The van der Waals surface area contributed by atoms with Crippen molar-refractivity contribution in [2.75, 3.05) is 0 Å². The molecule has 9 atom stereocenters. The van der Waals surface area contributed by atoms with Crippen LogP contribution in [0.15, 0.2) is 0 Å². The van der Waals surface area contributed by atoms with E-state index in [4.69, 9.17) is 9.47 Å². The number of fused-ring (bicyclic) bond motifs is 5. The van der Waals surface area contributed by atoms with E-state index in [1.54, 1.807) is 0 Å². The number of carbonyl (C=O) groups excluding carboxylic acids is 2. The van der Waals surface area contributed by atoms with Crippen molar-refractivity contribution in [3.05, 3.63) is 0 Å². The normalized spacial score (nSPS) is 48.5. The van der Waals surface area contributed by atoms with E-state index in [1.807, 2.05) is 20.8 Å². The van der Waals surface area contributed by atoms with Crippen LogP contribution in [0.5, 0.6) is 0 Å². The molecular formula is C30H44O7. The molecule has 7 nitrogen and oxygen atoms in total. The van der Waals surface area contributed by atoms with Crippen molar-refractivity contribution in [1.29, 1.82) is 0 Å². The summed E-state index contributed by atoms with van der Waals surface area (Å²) < 4.78 is 12.4. The number of carboxylic acids is 1. The molecule has 7 aliphatic rings. The van der Waals surface area contributed by atoms with Gasteiger partial charge in [0.15, 0.2) is 0 Å². The molecule has 7 saturated carbocycles. The fourth-order valence-corrected chi connectivity index (χ4v) is 10.3. The van der Waals surface area contributed by atoms with Crippen molar-refractivity contribution in [1.82, 2.24) is 0 Å². The summed E-state index contributed by atoms with van der Waals surface area (Å²) in [6.07, 6.45) is 10.1. The third-order valence-electron chi connectivity index (χ3n) is 11.6. The number of aliphatic carboxylic acids is 1. The zero-order valence-electron chi connectivity index (χ0n) is 22.7. The molecule has 9 unspecified atom stereocenters. The van der Waals surface area contributed by atoms with Crippen molar-refractivity contribution in [3.63, 3.8) is 0 Å². The Bertz CT molecular complexity index is 972. The third kappa shape index (κ3) is 4.22. The molecule has 7 rings (SSSR count). The van der Waals surface area contributed by atoms with Gasteiger partial charge in [0.05, 0.1) is 22.9 Å². The molecule has 0 aromatic heterocycles. The van der Waals surface area contributed by atoms with Gasteiger partial charge in [0.1, 0.15) is 11.2 Å². The lowest BCUT2D eigenvalue weighted by Crippen LogP contribution is -2.60. The average molecular weight is 517 g/mol. The molecule has 0 aliphatic heterocycles. The minimum atomic E-state index is -0.731. The minimum absolute atomic E-state index is 0.183. The largest absolute Gasteiger partial charge is 0.481 e. The highest BCUT2D eigenvalue weighted by molar-refractivity contribution is 5.77. The lowest BCUT2D eigenvalue weighted by Gasteiger charge is -2.59. The Morgan fingerprint density at radius 3 is 2.14 bits per heavy atom. The van der Waals surface area contributed by atoms with Crippen molar-refractivity contribution >= 4 is 17.9 Å². The molecule has 7 fully saturated rings. The summed E-state index contributed by atoms with van der Waals surface area (Å²) in [5.41, 5.74) is -2.42. The van der Waals surface area contributed by atoms with Crippen LogP contribution in [0.4, 0.5) is 0 Å². The molecule has 0 spiro atoms. The number of hydrogen-bond acceptors (Lipinski definition) is 6. The number of rotatable bonds is 8. The second kappa shape index (κ2) is 8.43. The summed E-state index contributed by atoms with van der Waals surface area (Å²) in [5.74, 6) is 0.134. The molecule has 0 amide bonds. The van der Waals surface area contributed by atoms with Crippen molar-refractivity contribution < 1.29 is 34.1 Å². The van der Waals surface area contributed by atoms with Gasteiger partial charge in [0, 0.05) is 12.3 Å². The van der Waals surface area contributed by atoms with Crippen molar-refractivity contribution in [3.8, 4) is 0 Å². The Labute approximate surface area is 220 Å². The number of esters is 2. The molecule has 2 N–H and O–H groups in total. The Morgan fingerprint density at radius 2 is 1.51 bits per heavy atom. The number of ether oxygens (including phenoxy) is 2. The molecule has 37 heavy (non-hydrogen) atoms. The maximum atomic E-state index is 13.2. The molecular weight excluding hydrogens is 472 g/mol. The van der Waals surface area contributed by atoms with Crippen molar-refractivity contribution in [2.24, 2.45) is 46.8 Å². The summed E-state index contributed by atoms with van der Waals surface area (Å²) >= 11 is 0. The number of aliphatic hydroxyl groups is 1. The predicted octanol–water partition coefficient (Wildman–Crippen LogP) is 4.88. The predicted molar refractivity (Wildman–Crippen MR) is 134 cm³/mol. The van der Waals surface area contributed by atoms with E-state index >= 15 is 0 Å². The highest BCUT2D eigenvalue weighted by Gasteiger charge is 2.65. The minimum Gasteiger partial charge on any atom is -0.481 e. The SMILES string of the molecule is CC(CCC(C)C(=O)OC12CCC(C1)C1CC(C)(O)CC12)C(=O)OC12CC3CC(C1)CC(C(=O)O)(C3)C2. The molecule has 0 aromatic rings. The van der Waals surface area contributed by atoms with Gasteiger partial charge in [0.2, 0.25) is 0 Å². The maximum absolute atomic E-state index is 13.2. The lowest BCUT2D eigenvalue weighted by atomic mass is 9.48. The zero-order valence-corrected chi connectivity index (χ0v) is 22.7. The number of carboxylic acid groups (broad SMARTS) is 1. The summed E-state index contributed by atoms with van der Waals surface area (Å²) in [7, 11) is 0. The van der Waals surface area contributed by atoms with Crippen molar-refractivity contribution in [2.45, 2.75) is 121 Å². The highest BCUT2D eigenvalue weighted by Crippen LogP contribution is 2.65. The fraction of sp³-hybridized carbons (Fsp3) is 0.900. The van der Waals surface area contributed by atoms with Gasteiger partial charge in [-0.3, -0.25) is 14.4 Å². The van der Waals surface area contributed by atoms with Crippen LogP contribution in [0.2, 0.25) is 0 Å². The Balaban J connectivity index is 1.03. The molecule has 0 heterocycles. The van der Waals surface area contributed by atoms with E-state index in [0.717, 1.165) is 44.9 Å². The summed E-state index contributed by atoms with van der Waals surface area (Å²) in [6.45, 7) is 5.65. The monoisotopic (exact) mass is 516 g/mol. The molecule has 206 valence electrons. The van der Waals surface area contributed by atoms with Crippen LogP contribution in [0.25, 0.3) is 0 Å². The van der Waals surface area contributed by atoms with E-state index in [-0.39, 0.29) is 29.7 Å². The van der Waals surface area contributed by atoms with Gasteiger partial charge < -0.3 is 19.7 Å². The van der Waals surface area contributed by atoms with E-state index in [9.17, 15) is 24.6 Å². The topological polar surface area (TPSA) is 110 Å². The summed E-state index contributed by atoms with van der Waals surface area (Å²) in [4.78, 5) is 38.4. The van der Waals surface area contributed by atoms with E-state index in [0.29, 0.717) is 62.2 Å². The molecule has 7 aliphatic carbocycles. The quantitative estimate of drug-likeness (QED) is 0.443. The van der Waals surface area contributed by atoms with Gasteiger partial charge in [0.25, 0.3) is 0 Å². The van der Waals surface area contributed by atoms with Gasteiger partial charge in [-0.15, -0.1) is 0 Å². The molecule has 6 bridgehead atoms. The molecule has 0 saturated heterocycles. The van der Waals surface area contributed by atoms with Gasteiger partial charge in [-0.25, -0.2) is 0 Å². The molecule has 0 aromatic carbocycles. The van der Waals surface area contributed by atoms with Crippen LogP contribution < -0.4 is 0 Å². The summed E-state index contributed by atoms with van der Waals surface area (Å²) in [5, 5.41) is 20.6. The average Bonchev–Trinajstić information content (AvgIpc) is 3.44. The third-order valence-corrected chi connectivity index (χ3v) is 11.6. The maximum Gasteiger partial charge on any atom is 0.309 e. The van der Waals surface area contributed by atoms with Gasteiger partial charge in [-0.05, 0) is 108 Å². The fourth-order valence-electron chi connectivity index (χ4n) is 10.3. The van der Waals surface area contributed by atoms with E-state index in [2.05, 4.69) is 0 Å². The first-order chi connectivity index (χ1) is 17.3. The first-order valence-electron chi connectivity index (χ1n) is 14.7. The number of hydrogen-bond donors (Lipinski definition) is 2. The standard InChI is InChI=1S/C30H44O7/c1-17(24(31)36-29-11-19-8-20(12-29)10-28(9-19,16-29)26(33)34)4-5-18(2)25(32)37-30-7-6-21(13-30)22-14-27(3,35)15-23(22)30/h17-23,35H,4-16H2,1-3H3,(H,33,34). The Kier molecular flexibility index (Phi) is 5.84. The van der Waals surface area contributed by atoms with Crippen LogP contribution in [0.1, 0.15) is 104 Å². The van der Waals surface area contributed by atoms with Crippen LogP contribution in [-0.4, -0.2) is 44.9 Å². The van der Waals surface area contributed by atoms with E-state index in [1.165, 1.54) is 0 Å². The van der Waals surface area contributed by atoms with E-state index < -0.39 is 28.2 Å². The lowest BCUT2D eigenvalue weighted by molar-refractivity contribution is -0.212. The van der Waals surface area contributed by atoms with Crippen LogP contribution in [0, 0.1) is 46.8 Å². The van der Waals surface area contributed by atoms with Crippen LogP contribution in [-0.2, 0) is 23.9 Å². The Morgan fingerprint density at radius 1 is 0.892 bits per heavy atom. The number of carbonyl (C=O) groups is 3. The smallest absolute Gasteiger partial charge is 0.309 e. The van der Waals surface area contributed by atoms with Crippen LogP contribution >= 0.6 is 0 Å². The van der Waals surface area contributed by atoms with Gasteiger partial charge in [-0.1, -0.05) is 13.8 Å². The first-order valence-corrected chi connectivity index (χ1v) is 14.7. The van der Waals surface area contributed by atoms with Gasteiger partial charge in [-0.2, -0.15) is 0 Å². The highest BCUT2D eigenvalue weighted by atomic mass is 16.6. The second-order valence-electron chi connectivity index (χ2n) is 14.7. The first kappa shape index (κ1) is 25.6. The molecule has 0 radical (unpaired) electrons. The van der Waals surface area contributed by atoms with Crippen LogP contribution in [0.3, 0.4) is 0 Å². The zero-order chi connectivity index (χ0) is 26.4. The molecule has 7 heteroatoms. The van der Waals surface area contributed by atoms with Gasteiger partial charge >= 0.3 is 17.9 Å².